The summed E-state index contributed by atoms with van der Waals surface area (Å²) in [4.78, 5) is 12.1. The van der Waals surface area contributed by atoms with Gasteiger partial charge in [0.05, 0.1) is 0 Å². The highest BCUT2D eigenvalue weighted by Gasteiger charge is 2.28. The maximum Gasteiger partial charge on any atom is 0.258 e. The van der Waals surface area contributed by atoms with Crippen LogP contribution in [0.2, 0.25) is 0 Å². The number of carbonyl (C=O) groups is 1. The molecular weight excluding hydrogens is 262 g/mol. The number of hydrogen-bond donors (Lipinski definition) is 1. The maximum absolute atomic E-state index is 12.1. The van der Waals surface area contributed by atoms with E-state index in [1.165, 1.54) is 12.8 Å². The van der Waals surface area contributed by atoms with Gasteiger partial charge in [0.2, 0.25) is 0 Å². The molecule has 1 aliphatic carbocycles. The van der Waals surface area contributed by atoms with E-state index in [9.17, 15) is 4.79 Å². The van der Waals surface area contributed by atoms with Crippen molar-refractivity contribution in [2.75, 3.05) is 6.61 Å². The summed E-state index contributed by atoms with van der Waals surface area (Å²) in [5, 5.41) is 3.14. The van der Waals surface area contributed by atoms with E-state index in [0.717, 1.165) is 23.3 Å². The molecule has 0 bridgehead atoms. The van der Waals surface area contributed by atoms with E-state index < -0.39 is 0 Å². The van der Waals surface area contributed by atoms with Gasteiger partial charge in [-0.1, -0.05) is 44.9 Å². The highest BCUT2D eigenvalue weighted by molar-refractivity contribution is 5.78. The van der Waals surface area contributed by atoms with Crippen LogP contribution in [0.5, 0.6) is 5.75 Å². The van der Waals surface area contributed by atoms with Crippen molar-refractivity contribution in [2.45, 2.75) is 53.0 Å². The van der Waals surface area contributed by atoms with Crippen molar-refractivity contribution >= 4 is 5.91 Å². The lowest BCUT2D eigenvalue weighted by molar-refractivity contribution is -0.124. The Kier molecular flexibility index (Phi) is 5.27. The molecule has 0 radical (unpaired) electrons. The lowest BCUT2D eigenvalue weighted by Crippen LogP contribution is -2.45. The van der Waals surface area contributed by atoms with E-state index in [2.05, 4.69) is 19.2 Å². The first-order valence-electron chi connectivity index (χ1n) is 7.97. The Hall–Kier alpha value is -1.51. The monoisotopic (exact) mass is 289 g/mol. The number of rotatable bonds is 4. The van der Waals surface area contributed by atoms with E-state index in [-0.39, 0.29) is 12.5 Å². The fraction of sp³-hybridized carbons (Fsp3) is 0.611. The molecule has 2 rings (SSSR count). The van der Waals surface area contributed by atoms with Gasteiger partial charge in [-0.05, 0) is 43.2 Å². The highest BCUT2D eigenvalue weighted by atomic mass is 16.5. The van der Waals surface area contributed by atoms with Gasteiger partial charge in [-0.2, -0.15) is 0 Å². The van der Waals surface area contributed by atoms with Crippen LogP contribution in [0.1, 0.15) is 44.2 Å². The number of amides is 1. The number of aryl methyl sites for hydroxylation is 2. The van der Waals surface area contributed by atoms with Gasteiger partial charge in [0, 0.05) is 6.04 Å². The van der Waals surface area contributed by atoms with Crippen LogP contribution in [0.4, 0.5) is 0 Å². The molecule has 3 nitrogen and oxygen atoms in total. The Morgan fingerprint density at radius 2 is 1.90 bits per heavy atom. The lowest BCUT2D eigenvalue weighted by Gasteiger charge is -2.34. The number of nitrogens with one attached hydrogen (secondary N) is 1. The van der Waals surface area contributed by atoms with Gasteiger partial charge in [0.1, 0.15) is 5.75 Å². The predicted molar refractivity (Wildman–Crippen MR) is 85.5 cm³/mol. The summed E-state index contributed by atoms with van der Waals surface area (Å²) in [7, 11) is 0. The summed E-state index contributed by atoms with van der Waals surface area (Å²) in [5.41, 5.74) is 2.14. The first-order chi connectivity index (χ1) is 9.99. The van der Waals surface area contributed by atoms with Crippen LogP contribution in [0, 0.1) is 25.7 Å². The predicted octanol–water partition coefficient (Wildman–Crippen LogP) is 3.62. The van der Waals surface area contributed by atoms with Crippen molar-refractivity contribution in [3.8, 4) is 5.75 Å². The zero-order valence-electron chi connectivity index (χ0n) is 13.6. The highest BCUT2D eigenvalue weighted by Crippen LogP contribution is 2.29. The second kappa shape index (κ2) is 6.97. The fourth-order valence-electron chi connectivity index (χ4n) is 3.20. The second-order valence-corrected chi connectivity index (χ2v) is 6.45. The third-order valence-corrected chi connectivity index (χ3v) is 4.81. The molecule has 0 saturated heterocycles. The Labute approximate surface area is 128 Å². The van der Waals surface area contributed by atoms with Crippen LogP contribution in [-0.2, 0) is 4.79 Å². The van der Waals surface area contributed by atoms with Crippen LogP contribution >= 0.6 is 0 Å². The van der Waals surface area contributed by atoms with E-state index in [1.807, 2.05) is 32.0 Å². The quantitative estimate of drug-likeness (QED) is 0.919. The maximum atomic E-state index is 12.1. The molecule has 1 N–H and O–H groups in total. The van der Waals surface area contributed by atoms with Gasteiger partial charge in [0.25, 0.3) is 5.91 Å². The molecule has 0 aromatic heterocycles. The topological polar surface area (TPSA) is 38.3 Å². The molecule has 0 heterocycles. The second-order valence-electron chi connectivity index (χ2n) is 6.45. The number of ether oxygens (including phenoxy) is 1. The number of benzene rings is 1. The Morgan fingerprint density at radius 3 is 2.57 bits per heavy atom. The van der Waals surface area contributed by atoms with Crippen molar-refractivity contribution in [2.24, 2.45) is 11.8 Å². The molecule has 0 spiro atoms. The molecule has 1 aromatic rings. The smallest absolute Gasteiger partial charge is 0.258 e. The summed E-state index contributed by atoms with van der Waals surface area (Å²) < 4.78 is 5.72. The van der Waals surface area contributed by atoms with Crippen LogP contribution < -0.4 is 10.1 Å². The summed E-state index contributed by atoms with van der Waals surface area (Å²) in [5.74, 6) is 2.05. The Morgan fingerprint density at radius 1 is 1.24 bits per heavy atom. The van der Waals surface area contributed by atoms with Gasteiger partial charge in [-0.15, -0.1) is 0 Å². The van der Waals surface area contributed by atoms with Crippen LogP contribution in [-0.4, -0.2) is 18.6 Å². The molecule has 1 saturated carbocycles. The number of hydrogen-bond acceptors (Lipinski definition) is 2. The number of carbonyl (C=O) groups excluding carboxylic acids is 1. The minimum Gasteiger partial charge on any atom is -0.483 e. The molecule has 116 valence electrons. The molecule has 1 amide bonds. The SMILES string of the molecule is Cc1cccc(C)c1OCC(=O)N[C@@H]1CCC[C@@H](C)[C@@H]1C. The van der Waals surface area contributed by atoms with Crippen molar-refractivity contribution in [1.82, 2.24) is 5.32 Å². The average molecular weight is 289 g/mol. The van der Waals surface area contributed by atoms with Gasteiger partial charge in [0.15, 0.2) is 6.61 Å². The van der Waals surface area contributed by atoms with Gasteiger partial charge < -0.3 is 10.1 Å². The fourth-order valence-corrected chi connectivity index (χ4v) is 3.20. The molecule has 0 unspecified atom stereocenters. The van der Waals surface area contributed by atoms with Crippen LogP contribution in [0.3, 0.4) is 0 Å². The Bertz CT molecular complexity index is 478. The van der Waals surface area contributed by atoms with E-state index in [0.29, 0.717) is 17.9 Å². The van der Waals surface area contributed by atoms with Gasteiger partial charge in [-0.25, -0.2) is 0 Å². The van der Waals surface area contributed by atoms with Crippen molar-refractivity contribution in [3.05, 3.63) is 29.3 Å². The third-order valence-electron chi connectivity index (χ3n) is 4.81. The molecule has 1 fully saturated rings. The van der Waals surface area contributed by atoms with E-state index >= 15 is 0 Å². The molecule has 21 heavy (non-hydrogen) atoms. The van der Waals surface area contributed by atoms with Crippen molar-refractivity contribution < 1.29 is 9.53 Å². The van der Waals surface area contributed by atoms with E-state index in [1.54, 1.807) is 0 Å². The molecule has 3 heteroatoms. The molecule has 1 aromatic carbocycles. The Balaban J connectivity index is 1.88. The zero-order chi connectivity index (χ0) is 15.4. The third kappa shape index (κ3) is 3.99. The van der Waals surface area contributed by atoms with Crippen molar-refractivity contribution in [3.63, 3.8) is 0 Å². The zero-order valence-corrected chi connectivity index (χ0v) is 13.6. The summed E-state index contributed by atoms with van der Waals surface area (Å²) in [6.45, 7) is 8.62. The molecule has 3 atom stereocenters. The number of para-hydroxylation sites is 1. The first-order valence-corrected chi connectivity index (χ1v) is 7.97. The van der Waals surface area contributed by atoms with Gasteiger partial charge in [-0.3, -0.25) is 4.79 Å². The summed E-state index contributed by atoms with van der Waals surface area (Å²) in [6, 6.07) is 6.31. The van der Waals surface area contributed by atoms with Crippen molar-refractivity contribution in [1.29, 1.82) is 0 Å². The van der Waals surface area contributed by atoms with Crippen LogP contribution in [0.15, 0.2) is 18.2 Å². The lowest BCUT2D eigenvalue weighted by atomic mass is 9.78. The largest absolute Gasteiger partial charge is 0.483 e. The molecular formula is C18H27NO2. The minimum absolute atomic E-state index is 0.0106. The van der Waals surface area contributed by atoms with Crippen LogP contribution in [0.25, 0.3) is 0 Å². The van der Waals surface area contributed by atoms with E-state index in [4.69, 9.17) is 4.74 Å². The molecule has 0 aliphatic heterocycles. The minimum atomic E-state index is -0.0106. The average Bonchev–Trinajstić information content (AvgIpc) is 2.43. The first kappa shape index (κ1) is 15.9. The summed E-state index contributed by atoms with van der Waals surface area (Å²) >= 11 is 0. The molecule has 1 aliphatic rings. The standard InChI is InChI=1S/C18H27NO2/c1-12-7-6-10-16(15(12)4)19-17(20)11-21-18-13(2)8-5-9-14(18)3/h5,8-9,12,15-16H,6-7,10-11H2,1-4H3,(H,19,20)/t12-,15+,16-/m1/s1. The normalized spacial score (nSPS) is 25.4. The van der Waals surface area contributed by atoms with Gasteiger partial charge >= 0.3 is 0 Å². The summed E-state index contributed by atoms with van der Waals surface area (Å²) in [6.07, 6.45) is 3.56.